The molecule has 0 saturated heterocycles. The smallest absolute Gasteiger partial charge is 0.264 e. The molecule has 3 N–H and O–H groups in total. The third kappa shape index (κ3) is 5.63. The van der Waals surface area contributed by atoms with Gasteiger partial charge in [-0.25, -0.2) is 13.9 Å². The van der Waals surface area contributed by atoms with Gasteiger partial charge in [0.05, 0.1) is 6.61 Å². The average Bonchev–Trinajstić information content (AvgIpc) is 2.76. The van der Waals surface area contributed by atoms with Crippen molar-refractivity contribution in [2.75, 3.05) is 19.5 Å². The lowest BCUT2D eigenvalue weighted by Gasteiger charge is -2.33. The zero-order valence-electron chi connectivity index (χ0n) is 18.7. The van der Waals surface area contributed by atoms with E-state index in [-0.39, 0.29) is 25.1 Å². The molecular weight excluding hydrogens is 448 g/mol. The molecule has 0 radical (unpaired) electrons. The summed E-state index contributed by atoms with van der Waals surface area (Å²) >= 11 is 0. The van der Waals surface area contributed by atoms with Crippen molar-refractivity contribution in [3.63, 3.8) is 0 Å². The molecule has 1 fully saturated rings. The van der Waals surface area contributed by atoms with Crippen molar-refractivity contribution in [1.82, 2.24) is 10.0 Å². The predicted octanol–water partition coefficient (Wildman–Crippen LogP) is 1.61. The van der Waals surface area contributed by atoms with Crippen molar-refractivity contribution in [3.05, 3.63) is 52.9 Å². The van der Waals surface area contributed by atoms with Crippen molar-refractivity contribution in [3.8, 4) is 16.9 Å². The van der Waals surface area contributed by atoms with E-state index in [1.807, 2.05) is 24.3 Å². The Bertz CT molecular complexity index is 1140. The fourth-order valence-electron chi connectivity index (χ4n) is 3.91. The first-order valence-corrected chi connectivity index (χ1v) is 12.6. The number of benzene rings is 1. The second-order valence-electron chi connectivity index (χ2n) is 8.86. The van der Waals surface area contributed by atoms with E-state index in [9.17, 15) is 18.0 Å². The molecule has 1 atom stereocenters. The number of rotatable bonds is 10. The van der Waals surface area contributed by atoms with Gasteiger partial charge in [0.15, 0.2) is 14.6 Å². The van der Waals surface area contributed by atoms with Crippen LogP contribution in [0.3, 0.4) is 0 Å². The van der Waals surface area contributed by atoms with E-state index in [1.54, 1.807) is 12.3 Å². The minimum atomic E-state index is -3.84. The van der Waals surface area contributed by atoms with Gasteiger partial charge in [-0.15, -0.1) is 0 Å². The highest BCUT2D eigenvalue weighted by atomic mass is 32.2. The summed E-state index contributed by atoms with van der Waals surface area (Å²) in [6.45, 7) is 2.06. The maximum absolute atomic E-state index is 12.6. The molecule has 33 heavy (non-hydrogen) atoms. The largest absolute Gasteiger partial charge is 0.493 e. The van der Waals surface area contributed by atoms with Gasteiger partial charge in [-0.1, -0.05) is 12.1 Å². The molecule has 1 amide bonds. The second kappa shape index (κ2) is 10.1. The van der Waals surface area contributed by atoms with Crippen LogP contribution in [0.15, 0.2) is 47.4 Å². The molecule has 1 saturated carbocycles. The molecule has 2 aromatic rings. The third-order valence-corrected chi connectivity index (χ3v) is 8.52. The second-order valence-corrected chi connectivity index (χ2v) is 11.3. The first kappa shape index (κ1) is 24.9. The number of aliphatic hydroxyl groups excluding tert-OH is 1. The normalized spacial score (nSPS) is 19.9. The highest BCUT2D eigenvalue weighted by Gasteiger charge is 2.43. The topological polar surface area (TPSA) is 135 Å². The third-order valence-electron chi connectivity index (χ3n) is 6.49. The highest BCUT2D eigenvalue weighted by Crippen LogP contribution is 2.33. The molecule has 1 aliphatic carbocycles. The number of carbonyl (C=O) groups excluding carboxylic acids is 1. The zero-order chi connectivity index (χ0) is 24.2. The first-order valence-electron chi connectivity index (χ1n) is 10.8. The molecule has 9 nitrogen and oxygen atoms in total. The van der Waals surface area contributed by atoms with Crippen molar-refractivity contribution in [2.24, 2.45) is 11.8 Å². The van der Waals surface area contributed by atoms with Gasteiger partial charge in [-0.2, -0.15) is 0 Å². The van der Waals surface area contributed by atoms with E-state index in [4.69, 9.17) is 15.1 Å². The van der Waals surface area contributed by atoms with Crippen molar-refractivity contribution in [2.45, 2.75) is 37.5 Å². The maximum Gasteiger partial charge on any atom is 0.264 e. The number of nitrogens with zero attached hydrogens (tertiary/aromatic N) is 1. The summed E-state index contributed by atoms with van der Waals surface area (Å²) in [5.74, 6) is 0.571. The number of sulfone groups is 1. The Morgan fingerprint density at radius 3 is 2.39 bits per heavy atom. The van der Waals surface area contributed by atoms with Crippen LogP contribution in [0.4, 0.5) is 0 Å². The standard InChI is InChI=1S/C23H30N2O7S/c1-23(22(28)24-29,33(2,30)31)8-10-25-9-7-19(13-21(25)27)18-3-5-20(6-4-18)32-15-17-11-16(12-17)14-26/h3-7,9,13,16-17,26,29H,8,10-12,14-15H2,1-2H3,(H,24,28)/t16?,17?,23-/m1/s1. The molecule has 3 rings (SSSR count). The Morgan fingerprint density at radius 2 is 1.85 bits per heavy atom. The van der Waals surface area contributed by atoms with Gasteiger partial charge in [0.1, 0.15) is 5.75 Å². The van der Waals surface area contributed by atoms with Crippen molar-refractivity contribution >= 4 is 15.7 Å². The van der Waals surface area contributed by atoms with Crippen LogP contribution in [0, 0.1) is 11.8 Å². The summed E-state index contributed by atoms with van der Waals surface area (Å²) < 4.78 is 29.4. The number of hydroxylamine groups is 1. The number of pyridine rings is 1. The van der Waals surface area contributed by atoms with Gasteiger partial charge in [0, 0.05) is 31.7 Å². The van der Waals surface area contributed by atoms with Crippen LogP contribution in [0.2, 0.25) is 0 Å². The lowest BCUT2D eigenvalue weighted by Crippen LogP contribution is -2.49. The summed E-state index contributed by atoms with van der Waals surface area (Å²) in [4.78, 5) is 24.5. The summed E-state index contributed by atoms with van der Waals surface area (Å²) in [5, 5.41) is 18.0. The molecule has 0 bridgehead atoms. The summed E-state index contributed by atoms with van der Waals surface area (Å²) in [6, 6.07) is 10.6. The zero-order valence-corrected chi connectivity index (χ0v) is 19.5. The van der Waals surface area contributed by atoms with Crippen LogP contribution in [0.25, 0.3) is 11.1 Å². The molecule has 0 spiro atoms. The maximum atomic E-state index is 12.6. The SMILES string of the molecule is C[C@@](CCn1ccc(-c2ccc(OCC3CC(CO)C3)cc2)cc1=O)(C(=O)NO)S(C)(=O)=O. The number of aliphatic hydroxyl groups is 1. The van der Waals surface area contributed by atoms with Crippen LogP contribution in [-0.4, -0.2) is 53.4 Å². The van der Waals surface area contributed by atoms with Gasteiger partial charge < -0.3 is 14.4 Å². The Labute approximate surface area is 192 Å². The Balaban J connectivity index is 1.64. The van der Waals surface area contributed by atoms with Gasteiger partial charge in [-0.3, -0.25) is 14.8 Å². The molecular formula is C23H30N2O7S. The number of hydrogen-bond acceptors (Lipinski definition) is 7. The number of nitrogens with one attached hydrogen (secondary N) is 1. The van der Waals surface area contributed by atoms with Crippen LogP contribution in [-0.2, 0) is 21.2 Å². The number of hydrogen-bond donors (Lipinski definition) is 3. The molecule has 180 valence electrons. The molecule has 0 aliphatic heterocycles. The lowest BCUT2D eigenvalue weighted by atomic mass is 9.76. The number of amides is 1. The van der Waals surface area contributed by atoms with E-state index in [1.165, 1.54) is 23.0 Å². The van der Waals surface area contributed by atoms with Gasteiger partial charge in [0.2, 0.25) is 0 Å². The number of carbonyl (C=O) groups is 1. The quantitative estimate of drug-likeness (QED) is 0.349. The van der Waals surface area contributed by atoms with Gasteiger partial charge in [0.25, 0.3) is 11.5 Å². The average molecular weight is 479 g/mol. The van der Waals surface area contributed by atoms with Crippen LogP contribution >= 0.6 is 0 Å². The fraction of sp³-hybridized carbons (Fsp3) is 0.478. The van der Waals surface area contributed by atoms with Gasteiger partial charge >= 0.3 is 0 Å². The fourth-order valence-corrected chi connectivity index (χ4v) is 4.75. The van der Waals surface area contributed by atoms with Crippen LogP contribution < -0.4 is 15.8 Å². The molecule has 1 aromatic heterocycles. The van der Waals surface area contributed by atoms with Crippen LogP contribution in [0.1, 0.15) is 26.2 Å². The molecule has 10 heteroatoms. The van der Waals surface area contributed by atoms with Gasteiger partial charge in [-0.05, 0) is 67.3 Å². The highest BCUT2D eigenvalue weighted by molar-refractivity contribution is 7.92. The van der Waals surface area contributed by atoms with Crippen LogP contribution in [0.5, 0.6) is 5.75 Å². The van der Waals surface area contributed by atoms with E-state index in [0.717, 1.165) is 30.4 Å². The minimum Gasteiger partial charge on any atom is -0.493 e. The molecule has 1 aliphatic rings. The monoisotopic (exact) mass is 478 g/mol. The molecule has 1 aromatic carbocycles. The van der Waals surface area contributed by atoms with E-state index in [0.29, 0.717) is 24.0 Å². The first-order chi connectivity index (χ1) is 15.6. The van der Waals surface area contributed by atoms with E-state index >= 15 is 0 Å². The summed E-state index contributed by atoms with van der Waals surface area (Å²) in [7, 11) is -3.84. The van der Waals surface area contributed by atoms with Crippen molar-refractivity contribution < 1.29 is 28.3 Å². The number of aryl methyl sites for hydroxylation is 1. The lowest BCUT2D eigenvalue weighted by molar-refractivity contribution is -0.131. The van der Waals surface area contributed by atoms with E-state index < -0.39 is 20.5 Å². The van der Waals surface area contributed by atoms with Crippen molar-refractivity contribution in [1.29, 1.82) is 0 Å². The Kier molecular flexibility index (Phi) is 7.61. The number of aromatic nitrogens is 1. The Morgan fingerprint density at radius 1 is 1.18 bits per heavy atom. The minimum absolute atomic E-state index is 0.0127. The summed E-state index contributed by atoms with van der Waals surface area (Å²) in [6.07, 6.45) is 4.26. The molecule has 0 unspecified atom stereocenters. The number of ether oxygens (including phenoxy) is 1. The van der Waals surface area contributed by atoms with E-state index in [2.05, 4.69) is 0 Å². The predicted molar refractivity (Wildman–Crippen MR) is 123 cm³/mol. The summed E-state index contributed by atoms with van der Waals surface area (Å²) in [5.41, 5.74) is 2.59. The Hall–Kier alpha value is -2.69. The molecule has 1 heterocycles.